The smallest absolute Gasteiger partial charge is 0.127 e. The Morgan fingerprint density at radius 2 is 1.56 bits per heavy atom. The van der Waals surface area contributed by atoms with E-state index in [0.29, 0.717) is 12.0 Å². The molecule has 1 aliphatic rings. The Kier molecular flexibility index (Phi) is 6.70. The summed E-state index contributed by atoms with van der Waals surface area (Å²) in [7, 11) is 1.66. The van der Waals surface area contributed by atoms with E-state index < -0.39 is 0 Å². The number of hydrogen-bond acceptors (Lipinski definition) is 4. The van der Waals surface area contributed by atoms with E-state index in [0.717, 1.165) is 29.4 Å². The number of benzene rings is 3. The Labute approximate surface area is 204 Å². The first-order valence-electron chi connectivity index (χ1n) is 12.1. The Morgan fingerprint density at radius 3 is 2.15 bits per heavy atom. The second-order valence-corrected chi connectivity index (χ2v) is 10.2. The van der Waals surface area contributed by atoms with Gasteiger partial charge >= 0.3 is 0 Å². The molecule has 34 heavy (non-hydrogen) atoms. The van der Waals surface area contributed by atoms with Crippen LogP contribution < -0.4 is 14.4 Å². The molecule has 0 fully saturated rings. The summed E-state index contributed by atoms with van der Waals surface area (Å²) in [6.45, 7) is 13.8. The minimum atomic E-state index is 0.151. The van der Waals surface area contributed by atoms with Crippen molar-refractivity contribution in [3.05, 3.63) is 77.4 Å². The van der Waals surface area contributed by atoms with Gasteiger partial charge in [-0.25, -0.2) is 0 Å². The van der Waals surface area contributed by atoms with Crippen LogP contribution >= 0.6 is 0 Å². The number of aliphatic imine (C=N–C) groups is 1. The third kappa shape index (κ3) is 4.96. The highest BCUT2D eigenvalue weighted by Crippen LogP contribution is 2.45. The van der Waals surface area contributed by atoms with Gasteiger partial charge in [-0.15, -0.1) is 0 Å². The summed E-state index contributed by atoms with van der Waals surface area (Å²) in [4.78, 5) is 7.34. The number of hydrogen-bond donors (Lipinski definition) is 0. The largest absolute Gasteiger partial charge is 0.497 e. The molecule has 178 valence electrons. The highest BCUT2D eigenvalue weighted by Gasteiger charge is 2.37. The molecule has 1 heterocycles. The summed E-state index contributed by atoms with van der Waals surface area (Å²) in [5.74, 6) is 2.88. The number of nitrogens with zero attached hydrogens (tertiary/aromatic N) is 2. The van der Waals surface area contributed by atoms with E-state index in [2.05, 4.69) is 58.6 Å². The van der Waals surface area contributed by atoms with Crippen molar-refractivity contribution in [2.45, 2.75) is 65.5 Å². The molecular formula is C30H36N2O2. The number of anilines is 1. The molecule has 0 unspecified atom stereocenters. The molecule has 3 aromatic rings. The molecule has 1 aliphatic heterocycles. The van der Waals surface area contributed by atoms with Crippen LogP contribution in [0.5, 0.6) is 17.2 Å². The maximum absolute atomic E-state index is 5.92. The van der Waals surface area contributed by atoms with Gasteiger partial charge in [0.15, 0.2) is 0 Å². The Balaban J connectivity index is 1.53. The first kappa shape index (κ1) is 23.9. The van der Waals surface area contributed by atoms with Crippen LogP contribution in [0.1, 0.15) is 63.6 Å². The van der Waals surface area contributed by atoms with Gasteiger partial charge in [0, 0.05) is 23.5 Å². The van der Waals surface area contributed by atoms with Gasteiger partial charge in [-0.3, -0.25) is 4.99 Å². The van der Waals surface area contributed by atoms with Gasteiger partial charge in [0.25, 0.3) is 0 Å². The van der Waals surface area contributed by atoms with Crippen LogP contribution in [-0.4, -0.2) is 24.9 Å². The average molecular weight is 457 g/mol. The van der Waals surface area contributed by atoms with E-state index in [4.69, 9.17) is 14.5 Å². The van der Waals surface area contributed by atoms with Crippen LogP contribution in [0.3, 0.4) is 0 Å². The van der Waals surface area contributed by atoms with E-state index >= 15 is 0 Å². The maximum atomic E-state index is 5.92. The summed E-state index contributed by atoms with van der Waals surface area (Å²) >= 11 is 0. The molecular weight excluding hydrogens is 420 g/mol. The van der Waals surface area contributed by atoms with Crippen molar-refractivity contribution in [1.29, 1.82) is 0 Å². The second kappa shape index (κ2) is 9.54. The third-order valence-corrected chi connectivity index (χ3v) is 6.66. The van der Waals surface area contributed by atoms with Gasteiger partial charge in [-0.2, -0.15) is 0 Å². The lowest BCUT2D eigenvalue weighted by Gasteiger charge is -2.50. The van der Waals surface area contributed by atoms with Gasteiger partial charge < -0.3 is 14.4 Å². The topological polar surface area (TPSA) is 34.1 Å². The van der Waals surface area contributed by atoms with Crippen LogP contribution in [0.25, 0.3) is 0 Å². The molecule has 0 aliphatic carbocycles. The predicted molar refractivity (Wildman–Crippen MR) is 143 cm³/mol. The molecule has 0 spiro atoms. The SMILES string of the molecule is COc1ccc(Oc2ccc(N=Cc3cc4c(cc3C)N(C(C)C)C(C)(C)C[C@@H]4C)cc2)cc1. The highest BCUT2D eigenvalue weighted by atomic mass is 16.5. The normalized spacial score (nSPS) is 17.2. The lowest BCUT2D eigenvalue weighted by molar-refractivity contribution is 0.356. The second-order valence-electron chi connectivity index (χ2n) is 10.2. The Hall–Kier alpha value is -3.27. The summed E-state index contributed by atoms with van der Waals surface area (Å²) in [5, 5.41) is 0. The zero-order chi connectivity index (χ0) is 24.5. The fraction of sp³-hybridized carbons (Fsp3) is 0.367. The van der Waals surface area contributed by atoms with Crippen molar-refractivity contribution in [2.75, 3.05) is 12.0 Å². The number of methoxy groups -OCH3 is 1. The van der Waals surface area contributed by atoms with Crippen LogP contribution in [0.2, 0.25) is 0 Å². The monoisotopic (exact) mass is 456 g/mol. The molecule has 0 saturated carbocycles. The van der Waals surface area contributed by atoms with Crippen molar-refractivity contribution in [2.24, 2.45) is 4.99 Å². The van der Waals surface area contributed by atoms with Crippen LogP contribution in [0, 0.1) is 6.92 Å². The van der Waals surface area contributed by atoms with Crippen LogP contribution in [0.4, 0.5) is 11.4 Å². The molecule has 0 aromatic heterocycles. The zero-order valence-electron chi connectivity index (χ0n) is 21.4. The van der Waals surface area contributed by atoms with Crippen LogP contribution in [-0.2, 0) is 0 Å². The number of fused-ring (bicyclic) bond motifs is 1. The van der Waals surface area contributed by atoms with E-state index in [1.165, 1.54) is 22.4 Å². The summed E-state index contributed by atoms with van der Waals surface area (Å²) in [6, 6.07) is 20.6. The predicted octanol–water partition coefficient (Wildman–Crippen LogP) is 8.05. The van der Waals surface area contributed by atoms with Gasteiger partial charge in [0.05, 0.1) is 12.8 Å². The summed E-state index contributed by atoms with van der Waals surface area (Å²) in [5.41, 5.74) is 6.26. The van der Waals surface area contributed by atoms with Crippen molar-refractivity contribution < 1.29 is 9.47 Å². The lowest BCUT2D eigenvalue weighted by atomic mass is 9.78. The molecule has 0 saturated heterocycles. The van der Waals surface area contributed by atoms with E-state index in [1.54, 1.807) is 7.11 Å². The quantitative estimate of drug-likeness (QED) is 0.352. The van der Waals surface area contributed by atoms with Crippen molar-refractivity contribution >= 4 is 17.6 Å². The van der Waals surface area contributed by atoms with Gasteiger partial charge in [0.2, 0.25) is 0 Å². The van der Waals surface area contributed by atoms with Crippen LogP contribution in [0.15, 0.2) is 65.7 Å². The fourth-order valence-electron chi connectivity index (χ4n) is 5.25. The van der Waals surface area contributed by atoms with E-state index in [9.17, 15) is 0 Å². The summed E-state index contributed by atoms with van der Waals surface area (Å²) < 4.78 is 11.1. The Bertz CT molecular complexity index is 1160. The third-order valence-electron chi connectivity index (χ3n) is 6.66. The molecule has 4 rings (SSSR count). The fourth-order valence-corrected chi connectivity index (χ4v) is 5.25. The molecule has 1 atom stereocenters. The molecule has 4 nitrogen and oxygen atoms in total. The molecule has 3 aromatic carbocycles. The highest BCUT2D eigenvalue weighted by molar-refractivity contribution is 5.86. The first-order chi connectivity index (χ1) is 16.2. The van der Waals surface area contributed by atoms with E-state index in [1.807, 2.05) is 54.7 Å². The van der Waals surface area contributed by atoms with Gasteiger partial charge in [-0.05, 0) is 124 Å². The Morgan fingerprint density at radius 1 is 0.971 bits per heavy atom. The van der Waals surface area contributed by atoms with Gasteiger partial charge in [-0.1, -0.05) is 6.92 Å². The number of ether oxygens (including phenoxy) is 2. The maximum Gasteiger partial charge on any atom is 0.127 e. The van der Waals surface area contributed by atoms with E-state index in [-0.39, 0.29) is 5.54 Å². The minimum Gasteiger partial charge on any atom is -0.497 e. The molecule has 0 amide bonds. The molecule has 0 bridgehead atoms. The molecule has 4 heteroatoms. The first-order valence-corrected chi connectivity index (χ1v) is 12.1. The molecule has 0 radical (unpaired) electrons. The average Bonchev–Trinajstić information content (AvgIpc) is 2.78. The van der Waals surface area contributed by atoms with Crippen molar-refractivity contribution in [1.82, 2.24) is 0 Å². The zero-order valence-corrected chi connectivity index (χ0v) is 21.4. The van der Waals surface area contributed by atoms with Crippen molar-refractivity contribution in [3.8, 4) is 17.2 Å². The minimum absolute atomic E-state index is 0.151. The number of aryl methyl sites for hydroxylation is 1. The molecule has 0 N–H and O–H groups in total. The lowest BCUT2D eigenvalue weighted by Crippen LogP contribution is -2.51. The number of rotatable bonds is 6. The summed E-state index contributed by atoms with van der Waals surface area (Å²) in [6.07, 6.45) is 3.13. The van der Waals surface area contributed by atoms with Gasteiger partial charge in [0.1, 0.15) is 17.2 Å². The standard InChI is InChI=1S/C30H36N2O2/c1-20(2)32-29-16-21(3)23(17-28(29)22(4)18-30(32,5)6)19-31-24-8-10-26(11-9-24)34-27-14-12-25(33-7)13-15-27/h8-17,19-20,22H,18H2,1-7H3/t22-/m0/s1. The van der Waals surface area contributed by atoms with Crippen molar-refractivity contribution in [3.63, 3.8) is 0 Å².